The van der Waals surface area contributed by atoms with Crippen molar-refractivity contribution in [2.45, 2.75) is 61.1 Å². The zero-order valence-corrected chi connectivity index (χ0v) is 16.7. The van der Waals surface area contributed by atoms with Gasteiger partial charge in [0.25, 0.3) is 0 Å². The molecule has 2 aliphatic rings. The first kappa shape index (κ1) is 19.4. The second-order valence-corrected chi connectivity index (χ2v) is 10.8. The Balaban J connectivity index is 1.58. The summed E-state index contributed by atoms with van der Waals surface area (Å²) in [5.41, 5.74) is 0. The van der Waals surface area contributed by atoms with Gasteiger partial charge in [0.15, 0.2) is 20.8 Å². The zero-order valence-electron chi connectivity index (χ0n) is 15.1. The summed E-state index contributed by atoms with van der Waals surface area (Å²) >= 11 is 0.815. The number of sulfone groups is 1. The molecule has 2 aliphatic carbocycles. The van der Waals surface area contributed by atoms with Gasteiger partial charge in [0.2, 0.25) is 0 Å². The minimum Gasteiger partial charge on any atom is -0.300 e. The molecule has 0 saturated heterocycles. The van der Waals surface area contributed by atoms with Crippen molar-refractivity contribution in [3.63, 3.8) is 0 Å². The van der Waals surface area contributed by atoms with Gasteiger partial charge in [-0.15, -0.1) is 0 Å². The van der Waals surface area contributed by atoms with E-state index in [4.69, 9.17) is 0 Å². The van der Waals surface area contributed by atoms with Crippen LogP contribution in [0.15, 0.2) is 23.5 Å². The number of carbonyl (C=O) groups is 2. The van der Waals surface area contributed by atoms with Crippen LogP contribution in [-0.2, 0) is 25.8 Å². The van der Waals surface area contributed by atoms with E-state index in [2.05, 4.69) is 10.1 Å². The highest BCUT2D eigenvalue weighted by molar-refractivity contribution is 7.92. The van der Waals surface area contributed by atoms with E-state index in [0.717, 1.165) is 17.5 Å². The van der Waals surface area contributed by atoms with Crippen LogP contribution in [-0.4, -0.2) is 40.0 Å². The zero-order chi connectivity index (χ0) is 19.9. The Morgan fingerprint density at radius 3 is 2.71 bits per heavy atom. The van der Waals surface area contributed by atoms with E-state index in [9.17, 15) is 22.4 Å². The third-order valence-electron chi connectivity index (χ3n) is 5.32. The predicted octanol–water partition coefficient (Wildman–Crippen LogP) is 2.53. The number of hydrogen-bond acceptors (Lipinski definition) is 7. The summed E-state index contributed by atoms with van der Waals surface area (Å²) in [4.78, 5) is 28.6. The summed E-state index contributed by atoms with van der Waals surface area (Å²) in [5, 5.41) is 3.71. The Hall–Kier alpha value is -1.94. The summed E-state index contributed by atoms with van der Waals surface area (Å²) in [6.07, 6.45) is 7.06. The van der Waals surface area contributed by atoms with Gasteiger partial charge in [-0.2, -0.15) is 9.49 Å². The van der Waals surface area contributed by atoms with Gasteiger partial charge in [-0.1, -0.05) is 11.3 Å². The maximum atomic E-state index is 13.2. The van der Waals surface area contributed by atoms with Crippen molar-refractivity contribution in [3.8, 4) is 0 Å². The number of nitrogens with zero attached hydrogens (tertiary/aromatic N) is 3. The Bertz CT molecular complexity index is 1010. The van der Waals surface area contributed by atoms with Gasteiger partial charge in [0.05, 0.1) is 24.1 Å². The molecule has 2 aromatic rings. The number of hydrogen-bond donors (Lipinski definition) is 0. The Labute approximate surface area is 165 Å². The lowest BCUT2D eigenvalue weighted by atomic mass is 9.95. The van der Waals surface area contributed by atoms with Crippen LogP contribution in [0.2, 0.25) is 0 Å². The van der Waals surface area contributed by atoms with Crippen molar-refractivity contribution in [1.82, 2.24) is 14.8 Å². The molecule has 0 spiro atoms. The molecule has 2 fully saturated rings. The maximum absolute atomic E-state index is 13.2. The molecule has 4 rings (SSSR count). The molecule has 10 heteroatoms. The highest BCUT2D eigenvalue weighted by Crippen LogP contribution is 2.35. The van der Waals surface area contributed by atoms with Crippen LogP contribution in [0.4, 0.5) is 4.39 Å². The lowest BCUT2D eigenvalue weighted by molar-refractivity contribution is -0.123. The molecule has 0 aromatic carbocycles. The van der Waals surface area contributed by atoms with Gasteiger partial charge >= 0.3 is 0 Å². The summed E-state index contributed by atoms with van der Waals surface area (Å²) in [6, 6.07) is -0.703. The van der Waals surface area contributed by atoms with Crippen LogP contribution in [0, 0.1) is 11.0 Å². The molecule has 150 valence electrons. The standard InChI is InChI=1S/C18H20FN3O4S2/c19-17-9-20-18(27-17)7-16(24)15(6-11-1-2-12(23)5-11)22-10-14(8-21-22)28(25,26)13-3-4-13/h8-11,13,15H,1-7H2. The largest absolute Gasteiger partial charge is 0.300 e. The molecule has 0 amide bonds. The van der Waals surface area contributed by atoms with Crippen LogP contribution in [0.3, 0.4) is 0 Å². The first-order valence-electron chi connectivity index (χ1n) is 9.25. The third kappa shape index (κ3) is 4.07. The Kier molecular flexibility index (Phi) is 5.17. The fraction of sp³-hybridized carbons (Fsp3) is 0.556. The molecule has 2 saturated carbocycles. The number of ketones is 2. The molecular weight excluding hydrogens is 405 g/mol. The van der Waals surface area contributed by atoms with Gasteiger partial charge in [-0.25, -0.2) is 13.4 Å². The number of rotatable bonds is 8. The normalized spacial score (nSPS) is 21.2. The van der Waals surface area contributed by atoms with Crippen molar-refractivity contribution in [2.24, 2.45) is 5.92 Å². The van der Waals surface area contributed by atoms with Crippen LogP contribution < -0.4 is 0 Å². The highest BCUT2D eigenvalue weighted by atomic mass is 32.2. The van der Waals surface area contributed by atoms with Gasteiger partial charge in [0, 0.05) is 19.0 Å². The summed E-state index contributed by atoms with van der Waals surface area (Å²) in [7, 11) is -3.40. The number of Topliss-reactive ketones (excluding diaryl/α,β-unsaturated/α-hetero) is 2. The van der Waals surface area contributed by atoms with Crippen molar-refractivity contribution in [3.05, 3.63) is 28.7 Å². The second-order valence-electron chi connectivity index (χ2n) is 7.50. The van der Waals surface area contributed by atoms with Gasteiger partial charge in [0.1, 0.15) is 21.7 Å². The lowest BCUT2D eigenvalue weighted by Gasteiger charge is -2.19. The molecule has 2 unspecified atom stereocenters. The van der Waals surface area contributed by atoms with Crippen LogP contribution in [0.5, 0.6) is 0 Å². The first-order chi connectivity index (χ1) is 13.3. The van der Waals surface area contributed by atoms with Crippen molar-refractivity contribution < 1.29 is 22.4 Å². The first-order valence-corrected chi connectivity index (χ1v) is 11.6. The molecule has 2 atom stereocenters. The van der Waals surface area contributed by atoms with E-state index in [1.54, 1.807) is 0 Å². The Morgan fingerprint density at radius 1 is 1.32 bits per heavy atom. The van der Waals surface area contributed by atoms with E-state index >= 15 is 0 Å². The minimum absolute atomic E-state index is 0.0511. The minimum atomic E-state index is -3.40. The Morgan fingerprint density at radius 2 is 2.11 bits per heavy atom. The quantitative estimate of drug-likeness (QED) is 0.644. The molecule has 28 heavy (non-hydrogen) atoms. The van der Waals surface area contributed by atoms with Crippen LogP contribution in [0.1, 0.15) is 49.6 Å². The maximum Gasteiger partial charge on any atom is 0.196 e. The molecule has 0 N–H and O–H groups in total. The van der Waals surface area contributed by atoms with E-state index in [1.165, 1.54) is 17.1 Å². The van der Waals surface area contributed by atoms with Crippen LogP contribution in [0.25, 0.3) is 0 Å². The summed E-state index contributed by atoms with van der Waals surface area (Å²) < 4.78 is 39.5. The van der Waals surface area contributed by atoms with E-state index < -0.39 is 21.0 Å². The van der Waals surface area contributed by atoms with Gasteiger partial charge in [-0.3, -0.25) is 14.3 Å². The van der Waals surface area contributed by atoms with Gasteiger partial charge in [-0.05, 0) is 31.6 Å². The molecular formula is C18H20FN3O4S2. The fourth-order valence-corrected chi connectivity index (χ4v) is 5.88. The number of thiazole rings is 1. The second kappa shape index (κ2) is 7.47. The van der Waals surface area contributed by atoms with Crippen LogP contribution >= 0.6 is 11.3 Å². The SMILES string of the molecule is O=C1CCC(CC(C(=O)Cc2ncc(F)s2)n2cc(S(=O)(=O)C3CC3)cn2)C1. The van der Waals surface area contributed by atoms with E-state index in [1.807, 2.05) is 0 Å². The smallest absolute Gasteiger partial charge is 0.196 e. The average molecular weight is 426 g/mol. The summed E-state index contributed by atoms with van der Waals surface area (Å²) in [5.74, 6) is 0.0185. The van der Waals surface area contributed by atoms with Gasteiger partial charge < -0.3 is 0 Å². The highest BCUT2D eigenvalue weighted by Gasteiger charge is 2.38. The number of carbonyl (C=O) groups excluding carboxylic acids is 2. The topological polar surface area (TPSA) is 99.0 Å². The van der Waals surface area contributed by atoms with E-state index in [-0.39, 0.29) is 34.1 Å². The molecule has 0 bridgehead atoms. The number of halogens is 1. The third-order valence-corrected chi connectivity index (χ3v) is 8.32. The summed E-state index contributed by atoms with van der Waals surface area (Å²) in [6.45, 7) is 0. The number of aromatic nitrogens is 3. The molecule has 0 radical (unpaired) electrons. The van der Waals surface area contributed by atoms with Crippen molar-refractivity contribution in [2.75, 3.05) is 0 Å². The molecule has 2 heterocycles. The van der Waals surface area contributed by atoms with Crippen molar-refractivity contribution >= 4 is 32.7 Å². The lowest BCUT2D eigenvalue weighted by Crippen LogP contribution is -2.24. The van der Waals surface area contributed by atoms with Crippen molar-refractivity contribution in [1.29, 1.82) is 0 Å². The molecule has 0 aliphatic heterocycles. The predicted molar refractivity (Wildman–Crippen MR) is 99.2 cm³/mol. The molecule has 7 nitrogen and oxygen atoms in total. The fourth-order valence-electron chi connectivity index (χ4n) is 3.64. The van der Waals surface area contributed by atoms with E-state index in [0.29, 0.717) is 43.5 Å². The average Bonchev–Trinajstić information content (AvgIpc) is 3.04. The monoisotopic (exact) mass is 425 g/mol. The molecule has 2 aromatic heterocycles.